The van der Waals surface area contributed by atoms with Gasteiger partial charge in [0.25, 0.3) is 0 Å². The van der Waals surface area contributed by atoms with E-state index in [-0.39, 0.29) is 18.5 Å². The van der Waals surface area contributed by atoms with Gasteiger partial charge in [-0.3, -0.25) is 0 Å². The van der Waals surface area contributed by atoms with Crippen molar-refractivity contribution < 1.29 is 10.3 Å². The Labute approximate surface area is 105 Å². The van der Waals surface area contributed by atoms with Gasteiger partial charge in [-0.1, -0.05) is 16.8 Å². The van der Waals surface area contributed by atoms with Crippen molar-refractivity contribution in [1.82, 2.24) is 0 Å². The molecule has 1 rings (SSSR count). The first kappa shape index (κ1) is 13.6. The number of hydrogen-bond acceptors (Lipinski definition) is 4. The fourth-order valence-electron chi connectivity index (χ4n) is 1.43. The van der Waals surface area contributed by atoms with Gasteiger partial charge in [0.1, 0.15) is 0 Å². The molecule has 1 unspecified atom stereocenters. The van der Waals surface area contributed by atoms with Gasteiger partial charge >= 0.3 is 0 Å². The Morgan fingerprint density at radius 2 is 2.24 bits per heavy atom. The maximum Gasteiger partial charge on any atom is 0.172 e. The molecule has 0 spiro atoms. The number of oxime groups is 1. The van der Waals surface area contributed by atoms with Gasteiger partial charge in [0, 0.05) is 29.4 Å². The van der Waals surface area contributed by atoms with Crippen LogP contribution in [0.5, 0.6) is 0 Å². The van der Waals surface area contributed by atoms with Gasteiger partial charge in [-0.15, -0.1) is 0 Å². The molecule has 0 saturated heterocycles. The number of rotatable bonds is 4. The van der Waals surface area contributed by atoms with Gasteiger partial charge in [-0.25, -0.2) is 0 Å². The van der Waals surface area contributed by atoms with Crippen molar-refractivity contribution in [3.8, 4) is 0 Å². The first-order valence-corrected chi connectivity index (χ1v) is 5.50. The molecular weight excluding hydrogens is 242 g/mol. The zero-order valence-electron chi connectivity index (χ0n) is 9.76. The highest BCUT2D eigenvalue weighted by atomic mass is 35.5. The second-order valence-electron chi connectivity index (χ2n) is 3.79. The summed E-state index contributed by atoms with van der Waals surface area (Å²) in [7, 11) is 1.82. The number of aliphatic hydroxyl groups excluding tert-OH is 1. The smallest absolute Gasteiger partial charge is 0.172 e. The molecule has 0 bridgehead atoms. The molecule has 0 aromatic heterocycles. The maximum atomic E-state index is 9.13. The summed E-state index contributed by atoms with van der Waals surface area (Å²) in [5.41, 5.74) is 6.87. The van der Waals surface area contributed by atoms with E-state index in [9.17, 15) is 0 Å². The van der Waals surface area contributed by atoms with Gasteiger partial charge in [-0.2, -0.15) is 0 Å². The minimum Gasteiger partial charge on any atom is -0.409 e. The molecule has 6 heteroatoms. The van der Waals surface area contributed by atoms with Gasteiger partial charge < -0.3 is 20.9 Å². The number of amidine groups is 1. The van der Waals surface area contributed by atoms with Crippen molar-refractivity contribution in [1.29, 1.82) is 0 Å². The molecular formula is C11H16ClN3O2. The van der Waals surface area contributed by atoms with Crippen LogP contribution in [-0.2, 0) is 0 Å². The number of hydrogen-bond donors (Lipinski definition) is 3. The van der Waals surface area contributed by atoms with Crippen LogP contribution in [0.4, 0.5) is 5.69 Å². The van der Waals surface area contributed by atoms with Crippen LogP contribution in [0.2, 0.25) is 5.02 Å². The third kappa shape index (κ3) is 3.01. The molecule has 0 radical (unpaired) electrons. The van der Waals surface area contributed by atoms with E-state index in [2.05, 4.69) is 5.16 Å². The summed E-state index contributed by atoms with van der Waals surface area (Å²) in [6, 6.07) is 5.02. The fourth-order valence-corrected chi connectivity index (χ4v) is 1.61. The molecule has 0 saturated carbocycles. The molecule has 0 amide bonds. The van der Waals surface area contributed by atoms with Gasteiger partial charge in [0.2, 0.25) is 0 Å². The van der Waals surface area contributed by atoms with E-state index in [4.69, 9.17) is 27.6 Å². The van der Waals surface area contributed by atoms with Crippen molar-refractivity contribution >= 4 is 23.1 Å². The average molecular weight is 258 g/mol. The quantitative estimate of drug-likeness (QED) is 0.328. The number of nitrogens with two attached hydrogens (primary N) is 1. The summed E-state index contributed by atoms with van der Waals surface area (Å²) >= 11 is 5.88. The zero-order chi connectivity index (χ0) is 13.0. The van der Waals surface area contributed by atoms with E-state index in [0.717, 1.165) is 5.69 Å². The van der Waals surface area contributed by atoms with Crippen LogP contribution in [0.15, 0.2) is 23.4 Å². The number of likely N-dealkylation sites (N-methyl/N-ethyl adjacent to an activating group) is 1. The zero-order valence-corrected chi connectivity index (χ0v) is 10.5. The Balaban J connectivity index is 3.23. The van der Waals surface area contributed by atoms with E-state index in [1.807, 2.05) is 18.9 Å². The lowest BCUT2D eigenvalue weighted by atomic mass is 10.1. The van der Waals surface area contributed by atoms with Crippen molar-refractivity contribution in [3.63, 3.8) is 0 Å². The molecule has 0 aliphatic heterocycles. The molecule has 5 nitrogen and oxygen atoms in total. The lowest BCUT2D eigenvalue weighted by molar-refractivity contribution is 0.270. The third-order valence-electron chi connectivity index (χ3n) is 2.65. The SMILES string of the molecule is CC(CO)N(C)c1ccc(Cl)cc1/C(N)=N/O. The summed E-state index contributed by atoms with van der Waals surface area (Å²) in [4.78, 5) is 1.84. The van der Waals surface area contributed by atoms with E-state index >= 15 is 0 Å². The molecule has 1 aromatic carbocycles. The lowest BCUT2D eigenvalue weighted by Gasteiger charge is -2.27. The highest BCUT2D eigenvalue weighted by Gasteiger charge is 2.15. The van der Waals surface area contributed by atoms with E-state index in [1.54, 1.807) is 18.2 Å². The number of benzene rings is 1. The Hall–Kier alpha value is -1.46. The molecule has 0 heterocycles. The number of halogens is 1. The van der Waals surface area contributed by atoms with Crippen LogP contribution < -0.4 is 10.6 Å². The Morgan fingerprint density at radius 1 is 1.59 bits per heavy atom. The summed E-state index contributed by atoms with van der Waals surface area (Å²) in [5.74, 6) is -0.0144. The Morgan fingerprint density at radius 3 is 2.76 bits per heavy atom. The molecule has 94 valence electrons. The topological polar surface area (TPSA) is 82.1 Å². The van der Waals surface area contributed by atoms with Crippen LogP contribution in [0, 0.1) is 0 Å². The normalized spacial score (nSPS) is 13.5. The largest absolute Gasteiger partial charge is 0.409 e. The number of aliphatic hydroxyl groups is 1. The summed E-state index contributed by atoms with van der Waals surface area (Å²) in [5, 5.41) is 21.3. The molecule has 1 atom stereocenters. The second-order valence-corrected chi connectivity index (χ2v) is 4.23. The van der Waals surface area contributed by atoms with E-state index < -0.39 is 0 Å². The average Bonchev–Trinajstić information content (AvgIpc) is 2.35. The highest BCUT2D eigenvalue weighted by molar-refractivity contribution is 6.31. The summed E-state index contributed by atoms with van der Waals surface area (Å²) in [6.45, 7) is 1.87. The lowest BCUT2D eigenvalue weighted by Crippen LogP contribution is -2.33. The second kappa shape index (κ2) is 5.75. The summed E-state index contributed by atoms with van der Waals surface area (Å²) in [6.07, 6.45) is 0. The molecule has 0 aliphatic rings. The number of anilines is 1. The Kier molecular flexibility index (Phi) is 4.60. The molecule has 4 N–H and O–H groups in total. The van der Waals surface area contributed by atoms with E-state index in [1.165, 1.54) is 0 Å². The van der Waals surface area contributed by atoms with Crippen molar-refractivity contribution in [2.75, 3.05) is 18.6 Å². The minimum absolute atomic E-state index is 0.00867. The van der Waals surface area contributed by atoms with Crippen LogP contribution >= 0.6 is 11.6 Å². The predicted molar refractivity (Wildman–Crippen MR) is 68.9 cm³/mol. The fraction of sp³-hybridized carbons (Fsp3) is 0.364. The van der Waals surface area contributed by atoms with Gasteiger partial charge in [0.15, 0.2) is 5.84 Å². The van der Waals surface area contributed by atoms with E-state index in [0.29, 0.717) is 10.6 Å². The van der Waals surface area contributed by atoms with Crippen molar-refractivity contribution in [2.24, 2.45) is 10.9 Å². The summed E-state index contributed by atoms with van der Waals surface area (Å²) < 4.78 is 0. The van der Waals surface area contributed by atoms with Gasteiger partial charge in [0.05, 0.1) is 6.61 Å². The van der Waals surface area contributed by atoms with Crippen molar-refractivity contribution in [2.45, 2.75) is 13.0 Å². The maximum absolute atomic E-state index is 9.13. The van der Waals surface area contributed by atoms with Crippen LogP contribution in [0.3, 0.4) is 0 Å². The standard InChI is InChI=1S/C11H16ClN3O2/c1-7(6-16)15(2)10-4-3-8(12)5-9(10)11(13)14-17/h3-5,7,16-17H,6H2,1-2H3,(H2,13,14). The first-order chi connectivity index (χ1) is 8.01. The van der Waals surface area contributed by atoms with Crippen LogP contribution in [-0.4, -0.2) is 35.8 Å². The van der Waals surface area contributed by atoms with Crippen molar-refractivity contribution in [3.05, 3.63) is 28.8 Å². The molecule has 1 aromatic rings. The predicted octanol–water partition coefficient (Wildman–Crippen LogP) is 1.25. The number of nitrogens with zero attached hydrogens (tertiary/aromatic N) is 2. The first-order valence-electron chi connectivity index (χ1n) is 5.12. The molecule has 17 heavy (non-hydrogen) atoms. The Bertz CT molecular complexity index is 423. The third-order valence-corrected chi connectivity index (χ3v) is 2.88. The highest BCUT2D eigenvalue weighted by Crippen LogP contribution is 2.24. The molecule has 0 fully saturated rings. The van der Waals surface area contributed by atoms with Crippen LogP contribution in [0.25, 0.3) is 0 Å². The van der Waals surface area contributed by atoms with Crippen LogP contribution in [0.1, 0.15) is 12.5 Å². The molecule has 0 aliphatic carbocycles. The van der Waals surface area contributed by atoms with Gasteiger partial charge in [-0.05, 0) is 25.1 Å². The minimum atomic E-state index is -0.0820. The monoisotopic (exact) mass is 257 g/mol.